The maximum atomic E-state index is 14.0. The molecule has 0 radical (unpaired) electrons. The number of carbonyl (C=O) groups is 3. The van der Waals surface area contributed by atoms with E-state index in [0.717, 1.165) is 0 Å². The Morgan fingerprint density at radius 2 is 1.79 bits per heavy atom. The van der Waals surface area contributed by atoms with E-state index in [0.29, 0.717) is 11.1 Å². The molecule has 10 heteroatoms. The van der Waals surface area contributed by atoms with Crippen LogP contribution in [0.3, 0.4) is 0 Å². The molecule has 182 valence electrons. The standard InChI is InChI=1S/C24H29N3O7/c1-22-7-10-5-6-11(8-25)15(28)12(10)16(29)14(22)20(32)24(34)19(31)13(21(26)33)17(30)18(27(3)4)23(24,2)9-22/h5-6,18,28-29,31,34H,7-9,25H2,1-4H3,(H2,26,33)/t18-,22+,23+,24-/m1/s1. The summed E-state index contributed by atoms with van der Waals surface area (Å²) in [7, 11) is 3.13. The number of nitrogens with zero attached hydrogens (tertiary/aromatic N) is 1. The van der Waals surface area contributed by atoms with Gasteiger partial charge in [0, 0.05) is 28.5 Å². The van der Waals surface area contributed by atoms with Crippen molar-refractivity contribution in [2.45, 2.75) is 44.9 Å². The molecule has 0 spiro atoms. The summed E-state index contributed by atoms with van der Waals surface area (Å²) in [5.41, 5.74) is 5.58. The summed E-state index contributed by atoms with van der Waals surface area (Å²) in [6.07, 6.45) is 0.199. The van der Waals surface area contributed by atoms with Gasteiger partial charge in [0.25, 0.3) is 5.91 Å². The van der Waals surface area contributed by atoms with Gasteiger partial charge in [0.05, 0.1) is 11.6 Å². The monoisotopic (exact) mass is 471 g/mol. The fraction of sp³-hybridized carbons (Fsp3) is 0.458. The molecule has 0 aliphatic heterocycles. The number of hydrogen-bond donors (Lipinski definition) is 6. The Hall–Kier alpha value is -3.21. The summed E-state index contributed by atoms with van der Waals surface area (Å²) in [5.74, 6) is -5.06. The van der Waals surface area contributed by atoms with Gasteiger partial charge in [-0.15, -0.1) is 0 Å². The number of nitrogens with two attached hydrogens (primary N) is 2. The van der Waals surface area contributed by atoms with Crippen LogP contribution in [0.5, 0.6) is 5.75 Å². The van der Waals surface area contributed by atoms with Crippen molar-refractivity contribution in [1.82, 2.24) is 4.90 Å². The quantitative estimate of drug-likeness (QED) is 0.335. The molecule has 0 unspecified atom stereocenters. The maximum Gasteiger partial charge on any atom is 0.255 e. The highest BCUT2D eigenvalue weighted by atomic mass is 16.3. The number of aliphatic hydroxyl groups excluding tert-OH is 2. The summed E-state index contributed by atoms with van der Waals surface area (Å²) in [4.78, 5) is 40.9. The summed E-state index contributed by atoms with van der Waals surface area (Å²) in [6.45, 7) is 3.22. The van der Waals surface area contributed by atoms with Crippen molar-refractivity contribution in [2.75, 3.05) is 14.1 Å². The van der Waals surface area contributed by atoms with Crippen LogP contribution in [0.1, 0.15) is 37.0 Å². The fourth-order valence-electron chi connectivity index (χ4n) is 6.52. The van der Waals surface area contributed by atoms with Gasteiger partial charge in [0.2, 0.25) is 5.78 Å². The van der Waals surface area contributed by atoms with E-state index in [2.05, 4.69) is 0 Å². The number of Topliss-reactive ketones (excluding diaryl/α,β-unsaturated/α-hetero) is 2. The molecule has 0 heterocycles. The molecule has 34 heavy (non-hydrogen) atoms. The molecular weight excluding hydrogens is 442 g/mol. The minimum absolute atomic E-state index is 0.00687. The molecule has 4 atom stereocenters. The van der Waals surface area contributed by atoms with Crippen LogP contribution in [0.25, 0.3) is 5.76 Å². The van der Waals surface area contributed by atoms with Crippen LogP contribution in [-0.4, -0.2) is 68.5 Å². The van der Waals surface area contributed by atoms with Crippen LogP contribution in [0.15, 0.2) is 29.0 Å². The summed E-state index contributed by atoms with van der Waals surface area (Å²) in [6, 6.07) is 2.18. The number of aliphatic hydroxyl groups is 3. The minimum atomic E-state index is -2.72. The van der Waals surface area contributed by atoms with Crippen molar-refractivity contribution >= 4 is 23.2 Å². The second-order valence-corrected chi connectivity index (χ2v) is 10.2. The van der Waals surface area contributed by atoms with E-state index in [1.165, 1.54) is 11.8 Å². The van der Waals surface area contributed by atoms with Crippen molar-refractivity contribution in [3.05, 3.63) is 45.7 Å². The lowest BCUT2D eigenvalue weighted by atomic mass is 9.46. The third kappa shape index (κ3) is 2.64. The van der Waals surface area contributed by atoms with Gasteiger partial charge in [-0.2, -0.15) is 0 Å². The van der Waals surface area contributed by atoms with Gasteiger partial charge in [0.1, 0.15) is 22.8 Å². The van der Waals surface area contributed by atoms with Crippen LogP contribution < -0.4 is 11.5 Å². The molecule has 1 amide bonds. The smallest absolute Gasteiger partial charge is 0.255 e. The van der Waals surface area contributed by atoms with Gasteiger partial charge < -0.3 is 31.9 Å². The molecule has 1 aromatic carbocycles. The topological polar surface area (TPSA) is 187 Å². The zero-order valence-corrected chi connectivity index (χ0v) is 19.5. The highest BCUT2D eigenvalue weighted by Gasteiger charge is 2.72. The van der Waals surface area contributed by atoms with Gasteiger partial charge in [0.15, 0.2) is 11.4 Å². The SMILES string of the molecule is CN(C)[C@@H]1C(=O)C(C(N)=O)=C(O)[C@@]2(O)C(=O)C3=C(O)c4c(ccc(CN)c4O)C[C@@]3(C)C[C@@]12C. The molecule has 1 fully saturated rings. The van der Waals surface area contributed by atoms with Gasteiger partial charge in [-0.1, -0.05) is 26.0 Å². The van der Waals surface area contributed by atoms with Crippen LogP contribution in [0, 0.1) is 10.8 Å². The first kappa shape index (κ1) is 23.9. The highest BCUT2D eigenvalue weighted by molar-refractivity contribution is 6.25. The van der Waals surface area contributed by atoms with E-state index >= 15 is 0 Å². The normalized spacial score (nSPS) is 33.1. The van der Waals surface area contributed by atoms with E-state index < -0.39 is 57.0 Å². The zero-order valence-electron chi connectivity index (χ0n) is 19.5. The lowest BCUT2D eigenvalue weighted by Crippen LogP contribution is -2.72. The van der Waals surface area contributed by atoms with Crippen LogP contribution in [-0.2, 0) is 27.3 Å². The Labute approximate surface area is 196 Å². The lowest BCUT2D eigenvalue weighted by molar-refractivity contribution is -0.175. The number of phenols is 1. The number of fused-ring (bicyclic) bond motifs is 3. The number of ketones is 2. The van der Waals surface area contributed by atoms with Crippen molar-refractivity contribution in [1.29, 1.82) is 0 Å². The van der Waals surface area contributed by atoms with Gasteiger partial charge in [-0.25, -0.2) is 0 Å². The highest BCUT2D eigenvalue weighted by Crippen LogP contribution is 2.63. The van der Waals surface area contributed by atoms with E-state index in [1.54, 1.807) is 33.2 Å². The number of rotatable bonds is 3. The van der Waals surface area contributed by atoms with E-state index in [-0.39, 0.29) is 36.3 Å². The van der Waals surface area contributed by atoms with Crippen molar-refractivity contribution in [3.63, 3.8) is 0 Å². The first-order valence-electron chi connectivity index (χ1n) is 10.9. The van der Waals surface area contributed by atoms with E-state index in [4.69, 9.17) is 11.5 Å². The number of amides is 1. The molecule has 1 aromatic rings. The molecule has 0 saturated heterocycles. The summed E-state index contributed by atoms with van der Waals surface area (Å²) < 4.78 is 0. The third-order valence-electron chi connectivity index (χ3n) is 7.81. The first-order chi connectivity index (χ1) is 15.7. The molecule has 3 aliphatic carbocycles. The molecule has 4 rings (SSSR count). The van der Waals surface area contributed by atoms with E-state index in [1.807, 2.05) is 0 Å². The average Bonchev–Trinajstić information content (AvgIpc) is 2.70. The Bertz CT molecular complexity index is 1230. The van der Waals surface area contributed by atoms with Gasteiger partial charge in [-0.05, 0) is 32.5 Å². The number of carbonyl (C=O) groups excluding carboxylic acids is 3. The Balaban J connectivity index is 2.08. The number of likely N-dealkylation sites (N-methyl/N-ethyl adjacent to an activating group) is 1. The number of hydrogen-bond acceptors (Lipinski definition) is 9. The molecule has 0 bridgehead atoms. The largest absolute Gasteiger partial charge is 0.508 e. The van der Waals surface area contributed by atoms with Crippen molar-refractivity contribution < 1.29 is 34.8 Å². The summed E-state index contributed by atoms with van der Waals surface area (Å²) in [5, 5.41) is 44.8. The second-order valence-electron chi connectivity index (χ2n) is 10.2. The molecular formula is C24H29N3O7. The van der Waals surface area contributed by atoms with E-state index in [9.17, 15) is 34.8 Å². The average molecular weight is 472 g/mol. The Morgan fingerprint density at radius 3 is 2.32 bits per heavy atom. The number of primary amides is 1. The zero-order chi connectivity index (χ0) is 25.5. The molecule has 10 nitrogen and oxygen atoms in total. The van der Waals surface area contributed by atoms with Crippen molar-refractivity contribution in [2.24, 2.45) is 22.3 Å². The molecule has 8 N–H and O–H groups in total. The maximum absolute atomic E-state index is 14.0. The first-order valence-corrected chi connectivity index (χ1v) is 10.9. The van der Waals surface area contributed by atoms with Crippen LogP contribution >= 0.6 is 0 Å². The second kappa shape index (κ2) is 7.14. The predicted molar refractivity (Wildman–Crippen MR) is 121 cm³/mol. The molecule has 0 aromatic heterocycles. The minimum Gasteiger partial charge on any atom is -0.508 e. The fourth-order valence-corrected chi connectivity index (χ4v) is 6.52. The Morgan fingerprint density at radius 1 is 1.18 bits per heavy atom. The molecule has 3 aliphatic rings. The van der Waals surface area contributed by atoms with Crippen LogP contribution in [0.2, 0.25) is 0 Å². The van der Waals surface area contributed by atoms with Crippen LogP contribution in [0.4, 0.5) is 0 Å². The summed E-state index contributed by atoms with van der Waals surface area (Å²) >= 11 is 0. The number of aromatic hydroxyl groups is 1. The molecule has 1 saturated carbocycles. The predicted octanol–water partition coefficient (Wildman–Crippen LogP) is 0.203. The van der Waals surface area contributed by atoms with Crippen molar-refractivity contribution in [3.8, 4) is 5.75 Å². The third-order valence-corrected chi connectivity index (χ3v) is 7.81. The van der Waals surface area contributed by atoms with Gasteiger partial charge >= 0.3 is 0 Å². The number of phenolic OH excluding ortho intramolecular Hbond substituents is 1. The lowest BCUT2D eigenvalue weighted by Gasteiger charge is -2.59. The van der Waals surface area contributed by atoms with Gasteiger partial charge in [-0.3, -0.25) is 19.3 Å². The number of benzene rings is 1. The Kier molecular flexibility index (Phi) is 5.03.